The number of aromatic nitrogens is 1. The molecule has 3 nitrogen and oxygen atoms in total. The van der Waals surface area contributed by atoms with Gasteiger partial charge in [0.15, 0.2) is 18.9 Å². The molecule has 3 rings (SSSR count). The summed E-state index contributed by atoms with van der Waals surface area (Å²) in [6.45, 7) is 0.477. The molecule has 0 atom stereocenters. The van der Waals surface area contributed by atoms with Crippen LogP contribution in [0.5, 0.6) is 0 Å². The number of fused-ring (bicyclic) bond motifs is 1. The molecule has 0 aliphatic carbocycles. The highest BCUT2D eigenvalue weighted by atomic mass is 14.9. The van der Waals surface area contributed by atoms with Crippen molar-refractivity contribution >= 4 is 16.3 Å². The van der Waals surface area contributed by atoms with Crippen molar-refractivity contribution in [2.45, 2.75) is 6.54 Å². The summed E-state index contributed by atoms with van der Waals surface area (Å²) in [6.07, 6.45) is 4.00. The van der Waals surface area contributed by atoms with Gasteiger partial charge in [0.05, 0.1) is 5.57 Å². The van der Waals surface area contributed by atoms with Crippen molar-refractivity contribution in [1.82, 2.24) is 0 Å². The smallest absolute Gasteiger partial charge is 0.176 e. The van der Waals surface area contributed by atoms with Gasteiger partial charge in [0, 0.05) is 11.5 Å². The monoisotopic (exact) mass is 296 g/mol. The van der Waals surface area contributed by atoms with Crippen LogP contribution in [0.1, 0.15) is 5.56 Å². The van der Waals surface area contributed by atoms with E-state index in [-0.39, 0.29) is 5.57 Å². The van der Waals surface area contributed by atoms with E-state index in [2.05, 4.69) is 6.07 Å². The third kappa shape index (κ3) is 3.10. The molecule has 0 saturated carbocycles. The summed E-state index contributed by atoms with van der Waals surface area (Å²) in [7, 11) is 0. The van der Waals surface area contributed by atoms with Crippen molar-refractivity contribution in [3.8, 4) is 12.1 Å². The fourth-order valence-corrected chi connectivity index (χ4v) is 2.57. The second-order valence-electron chi connectivity index (χ2n) is 5.19. The maximum atomic E-state index is 9.27. The Morgan fingerprint density at radius 3 is 2.17 bits per heavy atom. The highest BCUT2D eigenvalue weighted by Gasteiger charge is 2.14. The van der Waals surface area contributed by atoms with Crippen LogP contribution in [-0.2, 0) is 6.54 Å². The van der Waals surface area contributed by atoms with Gasteiger partial charge in [-0.05, 0) is 17.0 Å². The number of rotatable bonds is 3. The van der Waals surface area contributed by atoms with E-state index in [0.29, 0.717) is 6.54 Å². The number of hydrogen-bond donors (Lipinski definition) is 0. The van der Waals surface area contributed by atoms with Crippen LogP contribution < -0.4 is 4.57 Å². The summed E-state index contributed by atoms with van der Waals surface area (Å²) in [5.74, 6) is 0. The maximum Gasteiger partial charge on any atom is 0.176 e. The van der Waals surface area contributed by atoms with Crippen molar-refractivity contribution in [1.29, 1.82) is 10.5 Å². The first-order chi connectivity index (χ1) is 11.3. The Kier molecular flexibility index (Phi) is 4.13. The summed E-state index contributed by atoms with van der Waals surface area (Å²) in [5, 5.41) is 20.8. The van der Waals surface area contributed by atoms with E-state index in [0.717, 1.165) is 21.9 Å². The van der Waals surface area contributed by atoms with Crippen molar-refractivity contribution in [3.05, 3.63) is 84.2 Å². The first-order valence-corrected chi connectivity index (χ1v) is 7.28. The summed E-state index contributed by atoms with van der Waals surface area (Å²) >= 11 is 0. The first-order valence-electron chi connectivity index (χ1n) is 7.28. The zero-order valence-corrected chi connectivity index (χ0v) is 12.5. The minimum Gasteiger partial charge on any atom is -0.200 e. The summed E-state index contributed by atoms with van der Waals surface area (Å²) < 4.78 is 2.00. The molecular weight excluding hydrogens is 282 g/mol. The zero-order chi connectivity index (χ0) is 16.1. The van der Waals surface area contributed by atoms with E-state index < -0.39 is 0 Å². The molecular formula is C20H14N3+. The summed E-state index contributed by atoms with van der Waals surface area (Å²) in [5.41, 5.74) is 1.78. The van der Waals surface area contributed by atoms with Gasteiger partial charge < -0.3 is 0 Å². The van der Waals surface area contributed by atoms with Gasteiger partial charge in [-0.2, -0.15) is 10.5 Å². The van der Waals surface area contributed by atoms with Gasteiger partial charge in [-0.15, -0.1) is 0 Å². The molecule has 0 radical (unpaired) electrons. The van der Waals surface area contributed by atoms with Crippen molar-refractivity contribution in [2.75, 3.05) is 0 Å². The second kappa shape index (κ2) is 6.56. The third-order valence-electron chi connectivity index (χ3n) is 3.73. The molecule has 0 aliphatic heterocycles. The number of nitriles is 2. The minimum absolute atomic E-state index is 0.150. The third-order valence-corrected chi connectivity index (χ3v) is 3.73. The van der Waals surface area contributed by atoms with Crippen LogP contribution in [0.25, 0.3) is 16.3 Å². The molecule has 0 fully saturated rings. The Morgan fingerprint density at radius 2 is 1.48 bits per heavy atom. The molecule has 0 saturated heterocycles. The molecule has 0 bridgehead atoms. The van der Waals surface area contributed by atoms with E-state index in [1.807, 2.05) is 83.7 Å². The van der Waals surface area contributed by atoms with Crippen LogP contribution in [0, 0.1) is 22.7 Å². The largest absolute Gasteiger partial charge is 0.200 e. The lowest BCUT2D eigenvalue weighted by Gasteiger charge is -2.05. The fourth-order valence-electron chi connectivity index (χ4n) is 2.57. The van der Waals surface area contributed by atoms with Crippen LogP contribution in [0.3, 0.4) is 0 Å². The highest BCUT2D eigenvalue weighted by molar-refractivity contribution is 5.80. The molecule has 0 aliphatic rings. The predicted octanol–water partition coefficient (Wildman–Crippen LogP) is 3.63. The van der Waals surface area contributed by atoms with Gasteiger partial charge in [0.2, 0.25) is 0 Å². The average Bonchev–Trinajstić information content (AvgIpc) is 2.62. The lowest BCUT2D eigenvalue weighted by Crippen LogP contribution is -2.33. The number of allylic oxidation sites excluding steroid dienone is 2. The first kappa shape index (κ1) is 14.5. The van der Waals surface area contributed by atoms with Gasteiger partial charge in [-0.1, -0.05) is 48.5 Å². The molecule has 1 aromatic heterocycles. The Hall–Kier alpha value is -3.43. The van der Waals surface area contributed by atoms with E-state index in [1.54, 1.807) is 0 Å². The minimum atomic E-state index is 0.150. The number of hydrogen-bond acceptors (Lipinski definition) is 2. The van der Waals surface area contributed by atoms with Crippen molar-refractivity contribution < 1.29 is 4.57 Å². The van der Waals surface area contributed by atoms with Crippen LogP contribution in [0.4, 0.5) is 0 Å². The molecule has 2 aromatic carbocycles. The van der Waals surface area contributed by atoms with Crippen LogP contribution in [0.15, 0.2) is 78.6 Å². The van der Waals surface area contributed by atoms with E-state index >= 15 is 0 Å². The lowest BCUT2D eigenvalue weighted by atomic mass is 10.0. The van der Waals surface area contributed by atoms with Gasteiger partial charge in [0.1, 0.15) is 17.7 Å². The molecule has 0 N–H and O–H groups in total. The lowest BCUT2D eigenvalue weighted by molar-refractivity contribution is -0.683. The Bertz CT molecular complexity index is 941. The quantitative estimate of drug-likeness (QED) is 0.547. The van der Waals surface area contributed by atoms with Crippen LogP contribution in [0.2, 0.25) is 0 Å². The molecule has 0 amide bonds. The van der Waals surface area contributed by atoms with Gasteiger partial charge in [0.25, 0.3) is 0 Å². The van der Waals surface area contributed by atoms with Gasteiger partial charge >= 0.3 is 0 Å². The predicted molar refractivity (Wildman–Crippen MR) is 88.7 cm³/mol. The Morgan fingerprint density at radius 1 is 0.826 bits per heavy atom. The Labute approximate surface area is 135 Å². The maximum absolute atomic E-state index is 9.27. The molecule has 0 spiro atoms. The van der Waals surface area contributed by atoms with Crippen molar-refractivity contribution in [3.63, 3.8) is 0 Å². The van der Waals surface area contributed by atoms with Gasteiger partial charge in [-0.25, -0.2) is 4.57 Å². The summed E-state index contributed by atoms with van der Waals surface area (Å²) in [6, 6.07) is 23.8. The average molecular weight is 296 g/mol. The van der Waals surface area contributed by atoms with E-state index in [4.69, 9.17) is 0 Å². The number of benzene rings is 2. The van der Waals surface area contributed by atoms with Gasteiger partial charge in [-0.3, -0.25) is 0 Å². The standard InChI is InChI=1S/C20H14N3/c21-12-19(13-22)20(17-7-2-1-3-8-17)15-23-11-10-16-6-4-5-9-18(16)14-23/h1-11,14H,15H2/q+1. The van der Waals surface area contributed by atoms with E-state index in [1.165, 1.54) is 0 Å². The number of nitrogens with zero attached hydrogens (tertiary/aromatic N) is 3. The number of pyridine rings is 1. The van der Waals surface area contributed by atoms with Crippen LogP contribution in [-0.4, -0.2) is 0 Å². The molecule has 23 heavy (non-hydrogen) atoms. The topological polar surface area (TPSA) is 51.5 Å². The molecule has 0 unspecified atom stereocenters. The summed E-state index contributed by atoms with van der Waals surface area (Å²) in [4.78, 5) is 0. The van der Waals surface area contributed by atoms with Crippen molar-refractivity contribution in [2.24, 2.45) is 0 Å². The zero-order valence-electron chi connectivity index (χ0n) is 12.5. The second-order valence-corrected chi connectivity index (χ2v) is 5.19. The SMILES string of the molecule is N#CC(C#N)=C(C[n+]1ccc2ccccc2c1)c1ccccc1. The Balaban J connectivity index is 2.06. The molecule has 3 heteroatoms. The molecule has 108 valence electrons. The molecule has 3 aromatic rings. The van der Waals surface area contributed by atoms with E-state index in [9.17, 15) is 10.5 Å². The highest BCUT2D eigenvalue weighted by Crippen LogP contribution is 2.19. The van der Waals surface area contributed by atoms with Crippen LogP contribution >= 0.6 is 0 Å². The fraction of sp³-hybridized carbons (Fsp3) is 0.0500. The normalized spacial score (nSPS) is 9.83. The molecule has 1 heterocycles.